The van der Waals surface area contributed by atoms with Crippen molar-refractivity contribution in [2.45, 2.75) is 5.41 Å². The highest BCUT2D eigenvalue weighted by molar-refractivity contribution is 5.39. The molecule has 1 heterocycles. The second-order valence-corrected chi connectivity index (χ2v) is 5.04. The van der Waals surface area contributed by atoms with Crippen molar-refractivity contribution < 1.29 is 0 Å². The molecule has 0 bridgehead atoms. The third-order valence-corrected chi connectivity index (χ3v) is 4.37. The average molecular weight is 202 g/mol. The Bertz CT molecular complexity index is 348. The Morgan fingerprint density at radius 1 is 1.27 bits per heavy atom. The molecule has 2 nitrogen and oxygen atoms in total. The lowest BCUT2D eigenvalue weighted by Gasteiger charge is -2.23. The monoisotopic (exact) mass is 202 g/mol. The maximum Gasteiger partial charge on any atom is 0.0163 e. The Morgan fingerprint density at radius 3 is 2.40 bits per heavy atom. The van der Waals surface area contributed by atoms with Gasteiger partial charge in [0.15, 0.2) is 0 Å². The number of nitrogens with two attached hydrogens (primary N) is 1. The molecule has 1 aromatic carbocycles. The van der Waals surface area contributed by atoms with Gasteiger partial charge in [-0.3, -0.25) is 0 Å². The van der Waals surface area contributed by atoms with Crippen LogP contribution in [0.3, 0.4) is 0 Å². The summed E-state index contributed by atoms with van der Waals surface area (Å²) >= 11 is 0. The maximum absolute atomic E-state index is 6.02. The molecule has 80 valence electrons. The summed E-state index contributed by atoms with van der Waals surface area (Å²) in [7, 11) is 2.21. The standard InChI is InChI=1S/C13H18N2/c1-15-7-11-12(8-15)13(11,9-14)10-5-3-2-4-6-10/h2-6,11-12H,7-9,14H2,1H3. The van der Waals surface area contributed by atoms with Crippen LogP contribution in [0.25, 0.3) is 0 Å². The summed E-state index contributed by atoms with van der Waals surface area (Å²) in [4.78, 5) is 2.42. The van der Waals surface area contributed by atoms with Crippen molar-refractivity contribution in [1.82, 2.24) is 4.90 Å². The molecule has 2 fully saturated rings. The Labute approximate surface area is 91.1 Å². The molecule has 0 aromatic heterocycles. The van der Waals surface area contributed by atoms with E-state index in [0.29, 0.717) is 5.41 Å². The van der Waals surface area contributed by atoms with E-state index in [0.717, 1.165) is 18.4 Å². The fraction of sp³-hybridized carbons (Fsp3) is 0.538. The van der Waals surface area contributed by atoms with Gasteiger partial charge in [-0.2, -0.15) is 0 Å². The Balaban J connectivity index is 1.92. The van der Waals surface area contributed by atoms with Crippen LogP contribution in [0.4, 0.5) is 0 Å². The molecule has 1 aromatic rings. The van der Waals surface area contributed by atoms with Gasteiger partial charge in [-0.1, -0.05) is 30.3 Å². The minimum atomic E-state index is 0.313. The van der Waals surface area contributed by atoms with Crippen molar-refractivity contribution >= 4 is 0 Å². The first-order valence-electron chi connectivity index (χ1n) is 5.73. The van der Waals surface area contributed by atoms with Crippen molar-refractivity contribution in [2.75, 3.05) is 26.7 Å². The lowest BCUT2D eigenvalue weighted by molar-refractivity contribution is 0.326. The van der Waals surface area contributed by atoms with Crippen molar-refractivity contribution in [3.05, 3.63) is 35.9 Å². The zero-order valence-electron chi connectivity index (χ0n) is 9.19. The van der Waals surface area contributed by atoms with Crippen LogP contribution >= 0.6 is 0 Å². The number of piperidine rings is 1. The number of likely N-dealkylation sites (tertiary alicyclic amines) is 1. The minimum absolute atomic E-state index is 0.313. The molecule has 3 rings (SSSR count). The molecule has 15 heavy (non-hydrogen) atoms. The van der Waals surface area contributed by atoms with Crippen LogP contribution in [0.1, 0.15) is 5.56 Å². The van der Waals surface area contributed by atoms with E-state index in [-0.39, 0.29) is 0 Å². The molecule has 2 unspecified atom stereocenters. The van der Waals surface area contributed by atoms with Crippen molar-refractivity contribution in [2.24, 2.45) is 17.6 Å². The average Bonchev–Trinajstić information content (AvgIpc) is 2.67. The van der Waals surface area contributed by atoms with E-state index in [1.54, 1.807) is 0 Å². The summed E-state index contributed by atoms with van der Waals surface area (Å²) in [6, 6.07) is 10.8. The lowest BCUT2D eigenvalue weighted by atomic mass is 9.90. The first kappa shape index (κ1) is 9.37. The summed E-state index contributed by atoms with van der Waals surface area (Å²) < 4.78 is 0. The highest BCUT2D eigenvalue weighted by atomic mass is 15.2. The van der Waals surface area contributed by atoms with E-state index in [4.69, 9.17) is 5.73 Å². The predicted octanol–water partition coefficient (Wildman–Crippen LogP) is 1.07. The van der Waals surface area contributed by atoms with Gasteiger partial charge in [0.05, 0.1) is 0 Å². The molecule has 2 heteroatoms. The van der Waals surface area contributed by atoms with Crippen molar-refractivity contribution in [1.29, 1.82) is 0 Å². The molecule has 1 saturated carbocycles. The van der Waals surface area contributed by atoms with Crippen LogP contribution in [0.15, 0.2) is 30.3 Å². The fourth-order valence-corrected chi connectivity index (χ4v) is 3.53. The van der Waals surface area contributed by atoms with Crippen LogP contribution in [0, 0.1) is 11.8 Å². The Hall–Kier alpha value is -0.860. The zero-order chi connectivity index (χ0) is 10.5. The van der Waals surface area contributed by atoms with Gasteiger partial charge in [0.25, 0.3) is 0 Å². The van der Waals surface area contributed by atoms with Crippen LogP contribution in [-0.4, -0.2) is 31.6 Å². The smallest absolute Gasteiger partial charge is 0.0163 e. The summed E-state index contributed by atoms with van der Waals surface area (Å²) in [5, 5.41) is 0. The van der Waals surface area contributed by atoms with Gasteiger partial charge in [-0.05, 0) is 24.4 Å². The SMILES string of the molecule is CN1CC2C(C1)C2(CN)c1ccccc1. The third kappa shape index (κ3) is 1.12. The molecule has 2 atom stereocenters. The van der Waals surface area contributed by atoms with E-state index in [1.807, 2.05) is 0 Å². The van der Waals surface area contributed by atoms with Gasteiger partial charge in [0, 0.05) is 25.0 Å². The number of hydrogen-bond donors (Lipinski definition) is 1. The van der Waals surface area contributed by atoms with E-state index < -0.39 is 0 Å². The topological polar surface area (TPSA) is 29.3 Å². The molecular formula is C13H18N2. The summed E-state index contributed by atoms with van der Waals surface area (Å²) in [5.41, 5.74) is 7.79. The van der Waals surface area contributed by atoms with Crippen LogP contribution in [0.5, 0.6) is 0 Å². The number of hydrogen-bond acceptors (Lipinski definition) is 2. The highest BCUT2D eigenvalue weighted by Crippen LogP contribution is 2.62. The van der Waals surface area contributed by atoms with E-state index in [2.05, 4.69) is 42.3 Å². The second kappa shape index (κ2) is 3.06. The molecule has 0 spiro atoms. The van der Waals surface area contributed by atoms with Gasteiger partial charge in [0.1, 0.15) is 0 Å². The first-order valence-corrected chi connectivity index (χ1v) is 5.73. The molecule has 0 radical (unpaired) electrons. The summed E-state index contributed by atoms with van der Waals surface area (Å²) in [6.07, 6.45) is 0. The number of benzene rings is 1. The predicted molar refractivity (Wildman–Crippen MR) is 61.7 cm³/mol. The normalized spacial score (nSPS) is 39.1. The second-order valence-electron chi connectivity index (χ2n) is 5.04. The molecule has 2 aliphatic rings. The molecule has 0 amide bonds. The quantitative estimate of drug-likeness (QED) is 0.777. The fourth-order valence-electron chi connectivity index (χ4n) is 3.53. The molecule has 1 saturated heterocycles. The van der Waals surface area contributed by atoms with Gasteiger partial charge >= 0.3 is 0 Å². The van der Waals surface area contributed by atoms with Crippen molar-refractivity contribution in [3.63, 3.8) is 0 Å². The number of rotatable bonds is 2. The van der Waals surface area contributed by atoms with Crippen molar-refractivity contribution in [3.8, 4) is 0 Å². The zero-order valence-corrected chi connectivity index (χ0v) is 9.19. The van der Waals surface area contributed by atoms with Gasteiger partial charge in [-0.15, -0.1) is 0 Å². The first-order chi connectivity index (χ1) is 7.29. The Morgan fingerprint density at radius 2 is 1.87 bits per heavy atom. The largest absolute Gasteiger partial charge is 0.330 e. The molecule has 2 N–H and O–H groups in total. The van der Waals surface area contributed by atoms with E-state index >= 15 is 0 Å². The Kier molecular flexibility index (Phi) is 1.91. The maximum atomic E-state index is 6.02. The van der Waals surface area contributed by atoms with Crippen LogP contribution < -0.4 is 5.73 Å². The summed E-state index contributed by atoms with van der Waals surface area (Å²) in [5.74, 6) is 1.60. The van der Waals surface area contributed by atoms with Gasteiger partial charge < -0.3 is 10.6 Å². The van der Waals surface area contributed by atoms with Crippen LogP contribution in [0.2, 0.25) is 0 Å². The van der Waals surface area contributed by atoms with Gasteiger partial charge in [-0.25, -0.2) is 0 Å². The molecule has 1 aliphatic heterocycles. The highest BCUT2D eigenvalue weighted by Gasteiger charge is 2.67. The number of nitrogens with zero attached hydrogens (tertiary/aromatic N) is 1. The minimum Gasteiger partial charge on any atom is -0.330 e. The molecular weight excluding hydrogens is 184 g/mol. The third-order valence-electron chi connectivity index (χ3n) is 4.37. The lowest BCUT2D eigenvalue weighted by Crippen LogP contribution is -2.32. The van der Waals surface area contributed by atoms with E-state index in [9.17, 15) is 0 Å². The summed E-state index contributed by atoms with van der Waals surface area (Å²) in [6.45, 7) is 3.24. The van der Waals surface area contributed by atoms with Crippen LogP contribution in [-0.2, 0) is 5.41 Å². The molecule has 1 aliphatic carbocycles. The van der Waals surface area contributed by atoms with E-state index in [1.165, 1.54) is 18.7 Å². The van der Waals surface area contributed by atoms with Gasteiger partial charge in [0.2, 0.25) is 0 Å². The number of fused-ring (bicyclic) bond motifs is 1.